The third kappa shape index (κ3) is 3.54. The maximum atomic E-state index is 5.88. The summed E-state index contributed by atoms with van der Waals surface area (Å²) in [6, 6.07) is 6.45. The van der Waals surface area contributed by atoms with Crippen LogP contribution in [0.25, 0.3) is 22.3 Å². The SMILES string of the molecule is NCCCC1CC(n2cc(-c3cnc4ccc(OC5CC5)cc4n3)cn2)C1. The lowest BCUT2D eigenvalue weighted by molar-refractivity contribution is 0.171. The highest BCUT2D eigenvalue weighted by Crippen LogP contribution is 2.40. The second kappa shape index (κ2) is 6.93. The molecule has 2 heterocycles. The Hall–Kier alpha value is -2.47. The summed E-state index contributed by atoms with van der Waals surface area (Å²) in [5, 5.41) is 4.57. The molecule has 0 spiro atoms. The lowest BCUT2D eigenvalue weighted by Gasteiger charge is -2.35. The van der Waals surface area contributed by atoms with Gasteiger partial charge in [0.1, 0.15) is 5.75 Å². The molecule has 2 fully saturated rings. The smallest absolute Gasteiger partial charge is 0.122 e. The molecule has 2 aliphatic carbocycles. The average molecular weight is 363 g/mol. The Balaban J connectivity index is 1.32. The van der Waals surface area contributed by atoms with Gasteiger partial charge in [0.05, 0.1) is 41.3 Å². The third-order valence-electron chi connectivity index (χ3n) is 5.64. The molecule has 27 heavy (non-hydrogen) atoms. The maximum absolute atomic E-state index is 5.88. The number of fused-ring (bicyclic) bond motifs is 1. The zero-order valence-corrected chi connectivity index (χ0v) is 15.4. The summed E-state index contributed by atoms with van der Waals surface area (Å²) in [7, 11) is 0. The van der Waals surface area contributed by atoms with E-state index in [4.69, 9.17) is 15.5 Å². The van der Waals surface area contributed by atoms with Crippen LogP contribution in [0.3, 0.4) is 0 Å². The highest BCUT2D eigenvalue weighted by atomic mass is 16.5. The first-order valence-electron chi connectivity index (χ1n) is 9.96. The fourth-order valence-electron chi connectivity index (χ4n) is 3.81. The number of hydrogen-bond donors (Lipinski definition) is 1. The van der Waals surface area contributed by atoms with Crippen LogP contribution >= 0.6 is 0 Å². The molecule has 0 amide bonds. The Morgan fingerprint density at radius 1 is 1.15 bits per heavy atom. The van der Waals surface area contributed by atoms with E-state index in [1.807, 2.05) is 30.6 Å². The van der Waals surface area contributed by atoms with Crippen molar-refractivity contribution in [3.8, 4) is 17.0 Å². The van der Waals surface area contributed by atoms with Gasteiger partial charge in [-0.25, -0.2) is 4.98 Å². The van der Waals surface area contributed by atoms with Crippen molar-refractivity contribution >= 4 is 11.0 Å². The van der Waals surface area contributed by atoms with Gasteiger partial charge < -0.3 is 10.5 Å². The Labute approximate surface area is 158 Å². The van der Waals surface area contributed by atoms with Gasteiger partial charge in [-0.3, -0.25) is 9.67 Å². The summed E-state index contributed by atoms with van der Waals surface area (Å²) in [5.74, 6) is 1.68. The normalized spacial score (nSPS) is 22.0. The highest BCUT2D eigenvalue weighted by Gasteiger charge is 2.30. The van der Waals surface area contributed by atoms with Gasteiger partial charge >= 0.3 is 0 Å². The molecule has 0 saturated heterocycles. The lowest BCUT2D eigenvalue weighted by atomic mass is 9.77. The number of rotatable bonds is 7. The van der Waals surface area contributed by atoms with E-state index in [9.17, 15) is 0 Å². The van der Waals surface area contributed by atoms with Gasteiger partial charge in [-0.2, -0.15) is 5.10 Å². The van der Waals surface area contributed by atoms with Crippen molar-refractivity contribution in [1.82, 2.24) is 19.7 Å². The van der Waals surface area contributed by atoms with Crippen LogP contribution in [0.2, 0.25) is 0 Å². The van der Waals surface area contributed by atoms with E-state index in [1.165, 1.54) is 19.3 Å². The highest BCUT2D eigenvalue weighted by molar-refractivity contribution is 5.78. The fourth-order valence-corrected chi connectivity index (χ4v) is 3.81. The van der Waals surface area contributed by atoms with Gasteiger partial charge in [0.2, 0.25) is 0 Å². The van der Waals surface area contributed by atoms with Crippen molar-refractivity contribution in [3.05, 3.63) is 36.8 Å². The Morgan fingerprint density at radius 2 is 2.04 bits per heavy atom. The van der Waals surface area contributed by atoms with Crippen molar-refractivity contribution in [1.29, 1.82) is 0 Å². The molecule has 140 valence electrons. The van der Waals surface area contributed by atoms with Crippen molar-refractivity contribution in [2.45, 2.75) is 50.7 Å². The molecule has 2 aromatic heterocycles. The first-order valence-corrected chi connectivity index (χ1v) is 9.96. The molecule has 0 atom stereocenters. The first-order chi connectivity index (χ1) is 13.3. The van der Waals surface area contributed by atoms with Gasteiger partial charge in [-0.05, 0) is 63.1 Å². The van der Waals surface area contributed by atoms with Gasteiger partial charge in [0.25, 0.3) is 0 Å². The minimum absolute atomic E-state index is 0.382. The molecule has 2 saturated carbocycles. The topological polar surface area (TPSA) is 78.9 Å². The van der Waals surface area contributed by atoms with Crippen molar-refractivity contribution in [2.75, 3.05) is 6.54 Å². The van der Waals surface area contributed by atoms with Gasteiger partial charge in [0.15, 0.2) is 0 Å². The molecular weight excluding hydrogens is 338 g/mol. The first kappa shape index (κ1) is 16.7. The fraction of sp³-hybridized carbons (Fsp3) is 0.476. The Kier molecular flexibility index (Phi) is 4.28. The summed E-state index contributed by atoms with van der Waals surface area (Å²) in [6.07, 6.45) is 13.3. The zero-order chi connectivity index (χ0) is 18.2. The van der Waals surface area contributed by atoms with E-state index < -0.39 is 0 Å². The van der Waals surface area contributed by atoms with Crippen molar-refractivity contribution < 1.29 is 4.74 Å². The number of nitrogens with two attached hydrogens (primary N) is 1. The van der Waals surface area contributed by atoms with Gasteiger partial charge in [-0.15, -0.1) is 0 Å². The minimum atomic E-state index is 0.382. The monoisotopic (exact) mass is 363 g/mol. The number of hydrogen-bond acceptors (Lipinski definition) is 5. The van der Waals surface area contributed by atoms with Crippen molar-refractivity contribution in [2.24, 2.45) is 11.7 Å². The molecule has 2 aliphatic rings. The number of benzene rings is 1. The molecular formula is C21H25N5O. The standard InChI is InChI=1S/C21H25N5O/c22-7-1-2-14-8-16(9-14)26-13-15(11-24-26)21-12-23-19-6-5-18(10-20(19)25-21)27-17-3-4-17/h5-6,10-14,16-17H,1-4,7-9,22H2. The van der Waals surface area contributed by atoms with E-state index in [0.717, 1.165) is 59.8 Å². The van der Waals surface area contributed by atoms with E-state index in [-0.39, 0.29) is 0 Å². The summed E-state index contributed by atoms with van der Waals surface area (Å²) >= 11 is 0. The number of ether oxygens (including phenoxy) is 1. The van der Waals surface area contributed by atoms with E-state index >= 15 is 0 Å². The van der Waals surface area contributed by atoms with Crippen LogP contribution in [0.4, 0.5) is 0 Å². The molecule has 0 bridgehead atoms. The van der Waals surface area contributed by atoms with Crippen LogP contribution in [0.1, 0.15) is 44.6 Å². The summed E-state index contributed by atoms with van der Waals surface area (Å²) in [5.41, 5.74) is 9.23. The molecule has 0 radical (unpaired) electrons. The summed E-state index contributed by atoms with van der Waals surface area (Å²) < 4.78 is 7.97. The molecule has 1 aromatic carbocycles. The van der Waals surface area contributed by atoms with Crippen LogP contribution in [0, 0.1) is 5.92 Å². The van der Waals surface area contributed by atoms with E-state index in [2.05, 4.69) is 21.0 Å². The molecule has 3 aromatic rings. The largest absolute Gasteiger partial charge is 0.490 e. The van der Waals surface area contributed by atoms with E-state index in [0.29, 0.717) is 12.1 Å². The second-order valence-electron chi connectivity index (χ2n) is 7.85. The molecule has 5 rings (SSSR count). The molecule has 6 nitrogen and oxygen atoms in total. The Bertz CT molecular complexity index is 943. The number of aromatic nitrogens is 4. The Morgan fingerprint density at radius 3 is 2.85 bits per heavy atom. The third-order valence-corrected chi connectivity index (χ3v) is 5.64. The lowest BCUT2D eigenvalue weighted by Crippen LogP contribution is -2.27. The predicted octanol–water partition coefficient (Wildman–Crippen LogP) is 3.72. The number of nitrogens with zero attached hydrogens (tertiary/aromatic N) is 4. The molecule has 0 unspecified atom stereocenters. The molecule has 6 heteroatoms. The zero-order valence-electron chi connectivity index (χ0n) is 15.4. The van der Waals surface area contributed by atoms with Crippen LogP contribution in [-0.4, -0.2) is 32.4 Å². The van der Waals surface area contributed by atoms with Gasteiger partial charge in [-0.1, -0.05) is 0 Å². The summed E-state index contributed by atoms with van der Waals surface area (Å²) in [6.45, 7) is 0.793. The van der Waals surface area contributed by atoms with Crippen molar-refractivity contribution in [3.63, 3.8) is 0 Å². The van der Waals surface area contributed by atoms with Gasteiger partial charge in [0, 0.05) is 17.8 Å². The van der Waals surface area contributed by atoms with E-state index in [1.54, 1.807) is 0 Å². The minimum Gasteiger partial charge on any atom is -0.490 e. The van der Waals surface area contributed by atoms with Crippen LogP contribution in [0.15, 0.2) is 36.8 Å². The predicted molar refractivity (Wildman–Crippen MR) is 104 cm³/mol. The summed E-state index contributed by atoms with van der Waals surface area (Å²) in [4.78, 5) is 9.36. The average Bonchev–Trinajstić information content (AvgIpc) is 3.33. The van der Waals surface area contributed by atoms with Crippen LogP contribution in [0.5, 0.6) is 5.75 Å². The van der Waals surface area contributed by atoms with Crippen LogP contribution < -0.4 is 10.5 Å². The quantitative estimate of drug-likeness (QED) is 0.692. The molecule has 0 aliphatic heterocycles. The van der Waals surface area contributed by atoms with Crippen LogP contribution in [-0.2, 0) is 0 Å². The second-order valence-corrected chi connectivity index (χ2v) is 7.85. The molecule has 2 N–H and O–H groups in total. The maximum Gasteiger partial charge on any atom is 0.122 e.